The lowest BCUT2D eigenvalue weighted by atomic mass is 9.49. The van der Waals surface area contributed by atoms with E-state index in [9.17, 15) is 9.90 Å². The van der Waals surface area contributed by atoms with E-state index in [2.05, 4.69) is 39.0 Å². The van der Waals surface area contributed by atoms with Crippen molar-refractivity contribution in [2.45, 2.75) is 70.8 Å². The Labute approximate surface area is 145 Å². The van der Waals surface area contributed by atoms with Crippen LogP contribution in [-0.4, -0.2) is 18.2 Å². The van der Waals surface area contributed by atoms with Crippen LogP contribution in [0.15, 0.2) is 18.2 Å². The summed E-state index contributed by atoms with van der Waals surface area (Å²) in [6.45, 7) is 8.63. The maximum absolute atomic E-state index is 12.1. The summed E-state index contributed by atoms with van der Waals surface area (Å²) in [7, 11) is 1.75. The molecule has 0 unspecified atom stereocenters. The zero-order chi connectivity index (χ0) is 17.7. The first-order valence-corrected chi connectivity index (χ1v) is 9.14. The van der Waals surface area contributed by atoms with Gasteiger partial charge in [-0.15, -0.1) is 0 Å². The SMILES string of the molecule is CO[C@@H]1C[C@H]2[C@](C)(C(=O)O)CCC[C@]2(C)c2ccc(C(C)C)cc21. The number of aliphatic carboxylic acids is 1. The Bertz CT molecular complexity index is 650. The second kappa shape index (κ2) is 5.87. The quantitative estimate of drug-likeness (QED) is 0.843. The smallest absolute Gasteiger partial charge is 0.309 e. The molecule has 2 aliphatic rings. The van der Waals surface area contributed by atoms with E-state index in [1.54, 1.807) is 7.11 Å². The summed E-state index contributed by atoms with van der Waals surface area (Å²) < 4.78 is 5.83. The topological polar surface area (TPSA) is 46.5 Å². The molecule has 1 N–H and O–H groups in total. The molecule has 2 aliphatic carbocycles. The van der Waals surface area contributed by atoms with Gasteiger partial charge in [0.25, 0.3) is 0 Å². The van der Waals surface area contributed by atoms with Crippen molar-refractivity contribution in [2.75, 3.05) is 7.11 Å². The number of rotatable bonds is 3. The Morgan fingerprint density at radius 1 is 1.29 bits per heavy atom. The molecule has 0 heterocycles. The molecule has 4 atom stereocenters. The maximum atomic E-state index is 12.1. The van der Waals surface area contributed by atoms with Crippen LogP contribution in [0.1, 0.15) is 82.1 Å². The Balaban J connectivity index is 2.16. The van der Waals surface area contributed by atoms with Gasteiger partial charge in [-0.1, -0.05) is 45.4 Å². The molecule has 0 aliphatic heterocycles. The zero-order valence-electron chi connectivity index (χ0n) is 15.6. The van der Waals surface area contributed by atoms with Crippen molar-refractivity contribution in [3.05, 3.63) is 34.9 Å². The van der Waals surface area contributed by atoms with E-state index < -0.39 is 11.4 Å². The van der Waals surface area contributed by atoms with Crippen molar-refractivity contribution in [1.29, 1.82) is 0 Å². The van der Waals surface area contributed by atoms with Gasteiger partial charge < -0.3 is 9.84 Å². The summed E-state index contributed by atoms with van der Waals surface area (Å²) in [5.41, 5.74) is 3.16. The van der Waals surface area contributed by atoms with E-state index in [1.807, 2.05) is 6.92 Å². The van der Waals surface area contributed by atoms with E-state index in [4.69, 9.17) is 4.74 Å². The Hall–Kier alpha value is -1.35. The van der Waals surface area contributed by atoms with Crippen LogP contribution in [0.5, 0.6) is 0 Å². The van der Waals surface area contributed by atoms with Gasteiger partial charge in [-0.25, -0.2) is 0 Å². The first-order valence-electron chi connectivity index (χ1n) is 9.14. The fraction of sp³-hybridized carbons (Fsp3) is 0.667. The van der Waals surface area contributed by atoms with Crippen molar-refractivity contribution >= 4 is 5.97 Å². The van der Waals surface area contributed by atoms with Crippen LogP contribution >= 0.6 is 0 Å². The standard InChI is InChI=1S/C21H30O3/c1-13(2)14-7-8-16-15(11-14)17(24-5)12-18-20(16,3)9-6-10-21(18,4)19(22)23/h7-8,11,13,17-18H,6,9-10,12H2,1-5H3,(H,22,23)/t17-,18-,20-,21-/m1/s1. The minimum absolute atomic E-state index is 0.00597. The van der Waals surface area contributed by atoms with Crippen molar-refractivity contribution < 1.29 is 14.6 Å². The second-order valence-corrected chi connectivity index (χ2v) is 8.51. The monoisotopic (exact) mass is 330 g/mol. The molecule has 132 valence electrons. The summed E-state index contributed by atoms with van der Waals surface area (Å²) in [6.07, 6.45) is 3.58. The highest BCUT2D eigenvalue weighted by Crippen LogP contribution is 2.60. The summed E-state index contributed by atoms with van der Waals surface area (Å²) >= 11 is 0. The van der Waals surface area contributed by atoms with Gasteiger partial charge in [0.2, 0.25) is 0 Å². The van der Waals surface area contributed by atoms with E-state index in [0.717, 1.165) is 25.7 Å². The highest BCUT2D eigenvalue weighted by Gasteiger charge is 2.56. The summed E-state index contributed by atoms with van der Waals surface area (Å²) in [5.74, 6) is -0.0666. The minimum atomic E-state index is -0.668. The largest absolute Gasteiger partial charge is 0.481 e. The van der Waals surface area contributed by atoms with Crippen LogP contribution in [0.2, 0.25) is 0 Å². The van der Waals surface area contributed by atoms with Gasteiger partial charge in [-0.3, -0.25) is 4.79 Å². The lowest BCUT2D eigenvalue weighted by Gasteiger charge is -2.55. The van der Waals surface area contributed by atoms with Gasteiger partial charge in [-0.2, -0.15) is 0 Å². The fourth-order valence-electron chi connectivity index (χ4n) is 5.26. The van der Waals surface area contributed by atoms with E-state index in [-0.39, 0.29) is 17.4 Å². The van der Waals surface area contributed by atoms with Crippen molar-refractivity contribution in [3.63, 3.8) is 0 Å². The predicted octanol–water partition coefficient (Wildman–Crippen LogP) is 5.05. The number of carboxylic acid groups (broad SMARTS) is 1. The number of benzene rings is 1. The van der Waals surface area contributed by atoms with E-state index >= 15 is 0 Å². The molecule has 3 nitrogen and oxygen atoms in total. The van der Waals surface area contributed by atoms with Gasteiger partial charge in [0.1, 0.15) is 0 Å². The lowest BCUT2D eigenvalue weighted by molar-refractivity contribution is -0.159. The van der Waals surface area contributed by atoms with Crippen LogP contribution in [-0.2, 0) is 14.9 Å². The number of methoxy groups -OCH3 is 1. The molecule has 0 amide bonds. The molecule has 0 spiro atoms. The molecule has 0 bridgehead atoms. The van der Waals surface area contributed by atoms with Crippen molar-refractivity contribution in [3.8, 4) is 0 Å². The van der Waals surface area contributed by atoms with Crippen LogP contribution < -0.4 is 0 Å². The molecule has 0 radical (unpaired) electrons. The average Bonchev–Trinajstić information content (AvgIpc) is 2.54. The van der Waals surface area contributed by atoms with Gasteiger partial charge in [0.15, 0.2) is 0 Å². The average molecular weight is 330 g/mol. The number of fused-ring (bicyclic) bond motifs is 3. The summed E-state index contributed by atoms with van der Waals surface area (Å²) in [4.78, 5) is 12.1. The normalized spacial score (nSPS) is 35.4. The van der Waals surface area contributed by atoms with Crippen LogP contribution in [0.3, 0.4) is 0 Å². The van der Waals surface area contributed by atoms with Gasteiger partial charge in [-0.05, 0) is 60.1 Å². The number of hydrogen-bond donors (Lipinski definition) is 1. The number of ether oxygens (including phenoxy) is 1. The van der Waals surface area contributed by atoms with Crippen molar-refractivity contribution in [1.82, 2.24) is 0 Å². The molecule has 1 aromatic carbocycles. The molecule has 24 heavy (non-hydrogen) atoms. The highest BCUT2D eigenvalue weighted by atomic mass is 16.5. The third kappa shape index (κ3) is 2.40. The van der Waals surface area contributed by atoms with Gasteiger partial charge >= 0.3 is 5.97 Å². The summed E-state index contributed by atoms with van der Waals surface area (Å²) in [6, 6.07) is 6.76. The highest BCUT2D eigenvalue weighted by molar-refractivity contribution is 5.75. The molecule has 1 aromatic rings. The van der Waals surface area contributed by atoms with Crippen LogP contribution in [0, 0.1) is 11.3 Å². The van der Waals surface area contributed by atoms with E-state index in [1.165, 1.54) is 16.7 Å². The lowest BCUT2D eigenvalue weighted by Crippen LogP contribution is -2.53. The van der Waals surface area contributed by atoms with E-state index in [0.29, 0.717) is 5.92 Å². The number of carboxylic acids is 1. The molecule has 3 heteroatoms. The molecular weight excluding hydrogens is 300 g/mol. The Kier molecular flexibility index (Phi) is 4.28. The molecule has 0 aromatic heterocycles. The first-order chi connectivity index (χ1) is 11.2. The van der Waals surface area contributed by atoms with Gasteiger partial charge in [0, 0.05) is 7.11 Å². The zero-order valence-corrected chi connectivity index (χ0v) is 15.6. The van der Waals surface area contributed by atoms with Crippen molar-refractivity contribution in [2.24, 2.45) is 11.3 Å². The Morgan fingerprint density at radius 3 is 2.58 bits per heavy atom. The molecule has 1 fully saturated rings. The van der Waals surface area contributed by atoms with Crippen LogP contribution in [0.4, 0.5) is 0 Å². The second-order valence-electron chi connectivity index (χ2n) is 8.51. The minimum Gasteiger partial charge on any atom is -0.481 e. The third-order valence-electron chi connectivity index (χ3n) is 6.86. The Morgan fingerprint density at radius 2 is 2.00 bits per heavy atom. The molecule has 1 saturated carbocycles. The van der Waals surface area contributed by atoms with Crippen LogP contribution in [0.25, 0.3) is 0 Å². The first kappa shape index (κ1) is 17.5. The number of hydrogen-bond acceptors (Lipinski definition) is 2. The molecular formula is C21H30O3. The number of carbonyl (C=O) groups is 1. The fourth-order valence-corrected chi connectivity index (χ4v) is 5.26. The molecule has 0 saturated heterocycles. The summed E-state index contributed by atoms with van der Waals surface area (Å²) in [5, 5.41) is 9.93. The maximum Gasteiger partial charge on any atom is 0.309 e. The van der Waals surface area contributed by atoms with Gasteiger partial charge in [0.05, 0.1) is 11.5 Å². The third-order valence-corrected chi connectivity index (χ3v) is 6.86. The predicted molar refractivity (Wildman–Crippen MR) is 95.3 cm³/mol. The molecule has 3 rings (SSSR count).